The molecule has 6 rings (SSSR count). The number of H-pyrrole nitrogens is 1. The van der Waals surface area contributed by atoms with Crippen LogP contribution in [0, 0.1) is 0 Å². The molecule has 0 saturated heterocycles. The molecule has 2 aliphatic heterocycles. The highest BCUT2D eigenvalue weighted by atomic mass is 32.2. The van der Waals surface area contributed by atoms with E-state index in [4.69, 9.17) is 29.4 Å². The SMILES string of the molecule is CCOC(=O)C1=C(N)Oc2ccc(Sc3nc4ccc(OC)cc4[nH]3)cc2C1c1ccc2c(c1)OCO2. The summed E-state index contributed by atoms with van der Waals surface area (Å²) in [5.41, 5.74) is 9.80. The normalized spacial score (nSPS) is 15.9. The number of nitrogens with one attached hydrogen (secondary N) is 1. The number of nitrogens with two attached hydrogens (primary N) is 1. The first-order chi connectivity index (χ1) is 18.0. The van der Waals surface area contributed by atoms with Gasteiger partial charge < -0.3 is 34.4 Å². The Hall–Kier alpha value is -4.31. The van der Waals surface area contributed by atoms with Crippen LogP contribution in [0.3, 0.4) is 0 Å². The highest BCUT2D eigenvalue weighted by Crippen LogP contribution is 2.46. The van der Waals surface area contributed by atoms with Crippen LogP contribution in [0.4, 0.5) is 0 Å². The van der Waals surface area contributed by atoms with Gasteiger partial charge in [0.05, 0.1) is 30.7 Å². The van der Waals surface area contributed by atoms with E-state index >= 15 is 0 Å². The predicted octanol–water partition coefficient (Wildman–Crippen LogP) is 4.71. The molecular formula is C27H23N3O6S. The summed E-state index contributed by atoms with van der Waals surface area (Å²) in [6, 6.07) is 17.0. The van der Waals surface area contributed by atoms with E-state index in [-0.39, 0.29) is 24.9 Å². The summed E-state index contributed by atoms with van der Waals surface area (Å²) in [6.45, 7) is 2.11. The van der Waals surface area contributed by atoms with Crippen molar-refractivity contribution < 1.29 is 28.5 Å². The average molecular weight is 518 g/mol. The Balaban J connectivity index is 1.41. The molecule has 0 spiro atoms. The Bertz CT molecular complexity index is 1560. The number of esters is 1. The highest BCUT2D eigenvalue weighted by molar-refractivity contribution is 7.99. The Morgan fingerprint density at radius 1 is 1.11 bits per heavy atom. The van der Waals surface area contributed by atoms with E-state index in [0.717, 1.165) is 38.0 Å². The second kappa shape index (κ2) is 9.29. The minimum absolute atomic E-state index is 0.0141. The van der Waals surface area contributed by atoms with E-state index in [1.165, 1.54) is 11.8 Å². The van der Waals surface area contributed by atoms with Crippen molar-refractivity contribution >= 4 is 28.8 Å². The fourth-order valence-corrected chi connectivity index (χ4v) is 5.35. The molecule has 4 aromatic rings. The number of hydrogen-bond donors (Lipinski definition) is 2. The lowest BCUT2D eigenvalue weighted by atomic mass is 9.83. The minimum atomic E-state index is -0.530. The molecule has 0 amide bonds. The summed E-state index contributed by atoms with van der Waals surface area (Å²) in [5, 5.41) is 0.722. The number of hydrogen-bond acceptors (Lipinski definition) is 9. The van der Waals surface area contributed by atoms with Crippen LogP contribution >= 0.6 is 11.8 Å². The smallest absolute Gasteiger partial charge is 0.340 e. The zero-order valence-electron chi connectivity index (χ0n) is 20.1. The number of nitrogens with zero attached hydrogens (tertiary/aromatic N) is 1. The van der Waals surface area contributed by atoms with Crippen LogP contribution in [0.5, 0.6) is 23.0 Å². The molecule has 0 bridgehead atoms. The number of aromatic amines is 1. The number of aromatic nitrogens is 2. The van der Waals surface area contributed by atoms with E-state index in [1.807, 2.05) is 54.6 Å². The first-order valence-corrected chi connectivity index (χ1v) is 12.5. The van der Waals surface area contributed by atoms with Crippen molar-refractivity contribution in [2.45, 2.75) is 22.9 Å². The first-order valence-electron chi connectivity index (χ1n) is 11.6. The van der Waals surface area contributed by atoms with Crippen molar-refractivity contribution in [3.63, 3.8) is 0 Å². The monoisotopic (exact) mass is 517 g/mol. The zero-order chi connectivity index (χ0) is 25.5. The number of benzene rings is 3. The summed E-state index contributed by atoms with van der Waals surface area (Å²) in [5.74, 6) is 1.52. The third kappa shape index (κ3) is 4.19. The largest absolute Gasteiger partial charge is 0.497 e. The van der Waals surface area contributed by atoms with E-state index in [9.17, 15) is 4.79 Å². The van der Waals surface area contributed by atoms with Crippen LogP contribution in [-0.4, -0.2) is 36.4 Å². The molecule has 2 aliphatic rings. The molecule has 10 heteroatoms. The van der Waals surface area contributed by atoms with Crippen molar-refractivity contribution in [1.29, 1.82) is 0 Å². The molecule has 188 valence electrons. The minimum Gasteiger partial charge on any atom is -0.497 e. The van der Waals surface area contributed by atoms with E-state index in [2.05, 4.69) is 9.97 Å². The molecule has 37 heavy (non-hydrogen) atoms. The van der Waals surface area contributed by atoms with Gasteiger partial charge in [-0.05, 0) is 55.0 Å². The first kappa shape index (κ1) is 23.1. The number of imidazole rings is 1. The third-order valence-electron chi connectivity index (χ3n) is 6.17. The molecule has 3 aromatic carbocycles. The van der Waals surface area contributed by atoms with Crippen molar-refractivity contribution in [3.05, 3.63) is 77.2 Å². The second-order valence-electron chi connectivity index (χ2n) is 8.37. The van der Waals surface area contributed by atoms with Gasteiger partial charge in [0, 0.05) is 16.5 Å². The number of ether oxygens (including phenoxy) is 5. The van der Waals surface area contributed by atoms with E-state index in [1.54, 1.807) is 14.0 Å². The lowest BCUT2D eigenvalue weighted by Gasteiger charge is -2.29. The summed E-state index contributed by atoms with van der Waals surface area (Å²) in [7, 11) is 1.63. The zero-order valence-corrected chi connectivity index (χ0v) is 20.9. The van der Waals surface area contributed by atoms with Crippen LogP contribution in [0.2, 0.25) is 0 Å². The Morgan fingerprint density at radius 3 is 2.78 bits per heavy atom. The maximum Gasteiger partial charge on any atom is 0.340 e. The average Bonchev–Trinajstić information content (AvgIpc) is 3.53. The van der Waals surface area contributed by atoms with Gasteiger partial charge in [-0.15, -0.1) is 0 Å². The van der Waals surface area contributed by atoms with Gasteiger partial charge in [0.15, 0.2) is 16.7 Å². The highest BCUT2D eigenvalue weighted by Gasteiger charge is 2.36. The lowest BCUT2D eigenvalue weighted by Crippen LogP contribution is -2.27. The van der Waals surface area contributed by atoms with Crippen molar-refractivity contribution in [2.75, 3.05) is 20.5 Å². The van der Waals surface area contributed by atoms with Crippen LogP contribution in [0.15, 0.2) is 76.1 Å². The molecule has 0 fully saturated rings. The molecule has 3 heterocycles. The van der Waals surface area contributed by atoms with Gasteiger partial charge in [-0.25, -0.2) is 9.78 Å². The molecule has 3 N–H and O–H groups in total. The number of carbonyl (C=O) groups is 1. The standard InChI is InChI=1S/C27H23N3O6S/c1-3-33-26(31)24-23(14-4-8-21-22(10-14)35-13-34-21)17-12-16(6-9-20(17)36-25(24)28)37-27-29-18-7-5-15(32-2)11-19(18)30-27/h4-12,23H,3,13,28H2,1-2H3,(H,29,30). The van der Waals surface area contributed by atoms with Gasteiger partial charge >= 0.3 is 5.97 Å². The van der Waals surface area contributed by atoms with Crippen LogP contribution < -0.4 is 24.7 Å². The number of carbonyl (C=O) groups excluding carboxylic acids is 1. The fourth-order valence-electron chi connectivity index (χ4n) is 4.50. The predicted molar refractivity (Wildman–Crippen MR) is 136 cm³/mol. The molecule has 9 nitrogen and oxygen atoms in total. The van der Waals surface area contributed by atoms with Gasteiger partial charge in [0.25, 0.3) is 0 Å². The maximum absolute atomic E-state index is 13.0. The van der Waals surface area contributed by atoms with Crippen LogP contribution in [0.25, 0.3) is 11.0 Å². The van der Waals surface area contributed by atoms with Gasteiger partial charge in [-0.1, -0.05) is 17.8 Å². The van der Waals surface area contributed by atoms with Crippen molar-refractivity contribution in [1.82, 2.24) is 9.97 Å². The van der Waals surface area contributed by atoms with Crippen LogP contribution in [0.1, 0.15) is 24.0 Å². The van der Waals surface area contributed by atoms with Crippen molar-refractivity contribution in [2.24, 2.45) is 5.73 Å². The summed E-state index contributed by atoms with van der Waals surface area (Å²) < 4.78 is 27.6. The Labute approximate surface area is 216 Å². The molecule has 1 atom stereocenters. The van der Waals surface area contributed by atoms with Gasteiger partial charge in [-0.3, -0.25) is 0 Å². The Kier molecular flexibility index (Phi) is 5.80. The summed E-state index contributed by atoms with van der Waals surface area (Å²) in [4.78, 5) is 21.9. The van der Waals surface area contributed by atoms with Gasteiger partial charge in [0.1, 0.15) is 17.1 Å². The number of rotatable bonds is 6. The van der Waals surface area contributed by atoms with Crippen molar-refractivity contribution in [3.8, 4) is 23.0 Å². The molecule has 0 saturated carbocycles. The summed E-state index contributed by atoms with van der Waals surface area (Å²) >= 11 is 1.47. The molecule has 0 aliphatic carbocycles. The second-order valence-corrected chi connectivity index (χ2v) is 9.44. The van der Waals surface area contributed by atoms with E-state index < -0.39 is 11.9 Å². The van der Waals surface area contributed by atoms with Gasteiger partial charge in [0.2, 0.25) is 12.7 Å². The number of fused-ring (bicyclic) bond motifs is 3. The van der Waals surface area contributed by atoms with Crippen LogP contribution in [-0.2, 0) is 9.53 Å². The maximum atomic E-state index is 13.0. The third-order valence-corrected chi connectivity index (χ3v) is 7.05. The lowest BCUT2D eigenvalue weighted by molar-refractivity contribution is -0.139. The topological polar surface area (TPSA) is 118 Å². The molecule has 1 aromatic heterocycles. The fraction of sp³-hybridized carbons (Fsp3) is 0.185. The summed E-state index contributed by atoms with van der Waals surface area (Å²) in [6.07, 6.45) is 0. The molecular weight excluding hydrogens is 494 g/mol. The van der Waals surface area contributed by atoms with E-state index in [0.29, 0.717) is 17.2 Å². The quantitative estimate of drug-likeness (QED) is 0.351. The van der Waals surface area contributed by atoms with Gasteiger partial charge in [-0.2, -0.15) is 0 Å². The molecule has 1 unspecified atom stereocenters. The molecule has 0 radical (unpaired) electrons. The number of methoxy groups -OCH3 is 1. The Morgan fingerprint density at radius 2 is 1.95 bits per heavy atom.